The van der Waals surface area contributed by atoms with E-state index in [9.17, 15) is 10.1 Å². The number of nitrogens with zero attached hydrogens (tertiary/aromatic N) is 1. The van der Waals surface area contributed by atoms with Gasteiger partial charge in [0.05, 0.1) is 12.1 Å². The lowest BCUT2D eigenvalue weighted by atomic mass is 9.99. The lowest BCUT2D eigenvalue weighted by molar-refractivity contribution is -0.122. The predicted octanol–water partition coefficient (Wildman–Crippen LogP) is 2.54. The highest BCUT2D eigenvalue weighted by Crippen LogP contribution is 2.32. The van der Waals surface area contributed by atoms with Gasteiger partial charge in [0, 0.05) is 5.56 Å². The molecule has 2 atom stereocenters. The third-order valence-electron chi connectivity index (χ3n) is 3.54. The molecule has 0 bridgehead atoms. The van der Waals surface area contributed by atoms with Crippen LogP contribution in [0.4, 0.5) is 0 Å². The molecular formula is C17H14N2O2. The second-order valence-electron chi connectivity index (χ2n) is 4.88. The van der Waals surface area contributed by atoms with Gasteiger partial charge in [-0.1, -0.05) is 48.5 Å². The molecule has 0 saturated carbocycles. The highest BCUT2D eigenvalue weighted by Gasteiger charge is 2.28. The van der Waals surface area contributed by atoms with E-state index in [0.717, 1.165) is 11.3 Å². The van der Waals surface area contributed by atoms with Gasteiger partial charge in [0.1, 0.15) is 18.3 Å². The second kappa shape index (κ2) is 5.68. The van der Waals surface area contributed by atoms with Crippen molar-refractivity contribution in [2.75, 3.05) is 6.61 Å². The van der Waals surface area contributed by atoms with Crippen molar-refractivity contribution in [3.8, 4) is 11.8 Å². The SMILES string of the molecule is N#CC(C(=O)NC1COc2ccccc21)c1ccccc1. The van der Waals surface area contributed by atoms with Crippen LogP contribution in [0.5, 0.6) is 5.75 Å². The average molecular weight is 278 g/mol. The van der Waals surface area contributed by atoms with Crippen molar-refractivity contribution in [2.45, 2.75) is 12.0 Å². The lowest BCUT2D eigenvalue weighted by Gasteiger charge is -2.15. The van der Waals surface area contributed by atoms with Gasteiger partial charge >= 0.3 is 0 Å². The summed E-state index contributed by atoms with van der Waals surface area (Å²) in [4.78, 5) is 12.4. The molecule has 0 spiro atoms. The van der Waals surface area contributed by atoms with E-state index < -0.39 is 5.92 Å². The molecule has 0 fully saturated rings. The van der Waals surface area contributed by atoms with Gasteiger partial charge < -0.3 is 10.1 Å². The van der Waals surface area contributed by atoms with Crippen molar-refractivity contribution >= 4 is 5.91 Å². The van der Waals surface area contributed by atoms with Gasteiger partial charge in [-0.05, 0) is 11.6 Å². The topological polar surface area (TPSA) is 62.1 Å². The van der Waals surface area contributed by atoms with Crippen LogP contribution in [0, 0.1) is 11.3 Å². The number of hydrogen-bond donors (Lipinski definition) is 1. The third kappa shape index (κ3) is 2.59. The number of fused-ring (bicyclic) bond motifs is 1. The van der Waals surface area contributed by atoms with Crippen molar-refractivity contribution in [3.05, 3.63) is 65.7 Å². The Morgan fingerprint density at radius 3 is 2.67 bits per heavy atom. The first kappa shape index (κ1) is 13.2. The van der Waals surface area contributed by atoms with Crippen molar-refractivity contribution < 1.29 is 9.53 Å². The number of nitrogens with one attached hydrogen (secondary N) is 1. The maximum absolute atomic E-state index is 12.4. The largest absolute Gasteiger partial charge is 0.491 e. The van der Waals surface area contributed by atoms with Gasteiger partial charge in [-0.25, -0.2) is 0 Å². The minimum atomic E-state index is -0.807. The van der Waals surface area contributed by atoms with E-state index in [1.165, 1.54) is 0 Å². The molecule has 104 valence electrons. The molecule has 0 radical (unpaired) electrons. The summed E-state index contributed by atoms with van der Waals surface area (Å²) in [5.41, 5.74) is 1.65. The van der Waals surface area contributed by atoms with E-state index in [1.54, 1.807) is 12.1 Å². The maximum Gasteiger partial charge on any atom is 0.242 e. The summed E-state index contributed by atoms with van der Waals surface area (Å²) in [6.07, 6.45) is 0. The Bertz CT molecular complexity index is 691. The van der Waals surface area contributed by atoms with Gasteiger partial charge in [0.25, 0.3) is 0 Å². The minimum absolute atomic E-state index is 0.201. The molecule has 2 aromatic rings. The first-order valence-electron chi connectivity index (χ1n) is 6.76. The Hall–Kier alpha value is -2.80. The third-order valence-corrected chi connectivity index (χ3v) is 3.54. The number of ether oxygens (including phenoxy) is 1. The minimum Gasteiger partial charge on any atom is -0.491 e. The fraction of sp³-hybridized carbons (Fsp3) is 0.176. The summed E-state index contributed by atoms with van der Waals surface area (Å²) >= 11 is 0. The molecule has 1 aliphatic rings. The average Bonchev–Trinajstić information content (AvgIpc) is 2.92. The molecule has 2 aromatic carbocycles. The Kier molecular flexibility index (Phi) is 3.57. The molecular weight excluding hydrogens is 264 g/mol. The number of carbonyl (C=O) groups excluding carboxylic acids is 1. The quantitative estimate of drug-likeness (QED) is 0.938. The van der Waals surface area contributed by atoms with Crippen LogP contribution < -0.4 is 10.1 Å². The van der Waals surface area contributed by atoms with Crippen LogP contribution in [0.15, 0.2) is 54.6 Å². The van der Waals surface area contributed by atoms with Crippen LogP contribution in [0.1, 0.15) is 23.1 Å². The zero-order valence-corrected chi connectivity index (χ0v) is 11.3. The van der Waals surface area contributed by atoms with E-state index >= 15 is 0 Å². The zero-order valence-electron chi connectivity index (χ0n) is 11.3. The summed E-state index contributed by atoms with van der Waals surface area (Å²) in [6, 6.07) is 18.5. The molecule has 1 amide bonds. The number of hydrogen-bond acceptors (Lipinski definition) is 3. The smallest absolute Gasteiger partial charge is 0.242 e. The van der Waals surface area contributed by atoms with Gasteiger partial charge in [0.2, 0.25) is 5.91 Å². The number of para-hydroxylation sites is 1. The van der Waals surface area contributed by atoms with Crippen LogP contribution in [0.2, 0.25) is 0 Å². The number of nitriles is 1. The highest BCUT2D eigenvalue weighted by atomic mass is 16.5. The molecule has 1 N–H and O–H groups in total. The molecule has 4 heteroatoms. The number of amides is 1. The van der Waals surface area contributed by atoms with Crippen molar-refractivity contribution in [3.63, 3.8) is 0 Å². The summed E-state index contributed by atoms with van der Waals surface area (Å²) in [6.45, 7) is 0.401. The molecule has 0 aromatic heterocycles. The van der Waals surface area contributed by atoms with Gasteiger partial charge in [-0.15, -0.1) is 0 Å². The summed E-state index contributed by atoms with van der Waals surface area (Å²) in [7, 11) is 0. The summed E-state index contributed by atoms with van der Waals surface area (Å²) in [5.74, 6) is -0.316. The molecule has 0 aliphatic carbocycles. The van der Waals surface area contributed by atoms with E-state index in [4.69, 9.17) is 4.74 Å². The molecule has 0 saturated heterocycles. The van der Waals surface area contributed by atoms with Crippen molar-refractivity contribution in [1.29, 1.82) is 5.26 Å². The first-order valence-corrected chi connectivity index (χ1v) is 6.76. The fourth-order valence-electron chi connectivity index (χ4n) is 2.47. The van der Waals surface area contributed by atoms with Crippen LogP contribution in [0.3, 0.4) is 0 Å². The van der Waals surface area contributed by atoms with E-state index in [0.29, 0.717) is 12.2 Å². The molecule has 1 aliphatic heterocycles. The van der Waals surface area contributed by atoms with Crippen LogP contribution in [-0.4, -0.2) is 12.5 Å². The summed E-state index contributed by atoms with van der Waals surface area (Å²) in [5, 5.41) is 12.2. The lowest BCUT2D eigenvalue weighted by Crippen LogP contribution is -2.33. The summed E-state index contributed by atoms with van der Waals surface area (Å²) < 4.78 is 5.53. The Morgan fingerprint density at radius 2 is 1.90 bits per heavy atom. The van der Waals surface area contributed by atoms with E-state index in [-0.39, 0.29) is 11.9 Å². The van der Waals surface area contributed by atoms with Crippen LogP contribution in [-0.2, 0) is 4.79 Å². The normalized spacial score (nSPS) is 17.2. The monoisotopic (exact) mass is 278 g/mol. The van der Waals surface area contributed by atoms with Crippen LogP contribution in [0.25, 0.3) is 0 Å². The number of rotatable bonds is 3. The van der Waals surface area contributed by atoms with Gasteiger partial charge in [0.15, 0.2) is 0 Å². The number of benzene rings is 2. The highest BCUT2D eigenvalue weighted by molar-refractivity contribution is 5.86. The molecule has 2 unspecified atom stereocenters. The van der Waals surface area contributed by atoms with Crippen LogP contribution >= 0.6 is 0 Å². The zero-order chi connectivity index (χ0) is 14.7. The van der Waals surface area contributed by atoms with Crippen molar-refractivity contribution in [1.82, 2.24) is 5.32 Å². The second-order valence-corrected chi connectivity index (χ2v) is 4.88. The molecule has 4 nitrogen and oxygen atoms in total. The Balaban J connectivity index is 1.77. The molecule has 21 heavy (non-hydrogen) atoms. The maximum atomic E-state index is 12.4. The van der Waals surface area contributed by atoms with E-state index in [2.05, 4.69) is 11.4 Å². The fourth-order valence-corrected chi connectivity index (χ4v) is 2.47. The number of carbonyl (C=O) groups is 1. The van der Waals surface area contributed by atoms with Gasteiger partial charge in [-0.3, -0.25) is 4.79 Å². The molecule has 3 rings (SSSR count). The predicted molar refractivity (Wildman–Crippen MR) is 77.6 cm³/mol. The van der Waals surface area contributed by atoms with Crippen molar-refractivity contribution in [2.24, 2.45) is 0 Å². The Labute approximate surface area is 123 Å². The molecule has 1 heterocycles. The standard InChI is InChI=1S/C17H14N2O2/c18-10-14(12-6-2-1-3-7-12)17(20)19-15-11-21-16-9-5-4-8-13(15)16/h1-9,14-15H,11H2,(H,19,20). The van der Waals surface area contributed by atoms with Gasteiger partial charge in [-0.2, -0.15) is 5.26 Å². The first-order chi connectivity index (χ1) is 10.3. The Morgan fingerprint density at radius 1 is 1.19 bits per heavy atom. The van der Waals surface area contributed by atoms with E-state index in [1.807, 2.05) is 42.5 Å².